The summed E-state index contributed by atoms with van der Waals surface area (Å²) in [6.07, 6.45) is 7.16. The standard InChI is InChI=1S/C28H37NO3.C2H6/c1-7-15-32-24-14-13-23(21(8-2)17-24)11-10-12-28(30)25-18-26(27(29-5)19-31-6)22(9-3)16-20(25)4;1-2/h10,12-14,16-18H,7-9,11,15,19H2,1-6H3;1-2H3/b12-10-,29-27?;. The van der Waals surface area contributed by atoms with Gasteiger partial charge < -0.3 is 9.47 Å². The molecule has 0 spiro atoms. The van der Waals surface area contributed by atoms with Crippen molar-refractivity contribution in [3.8, 4) is 5.75 Å². The van der Waals surface area contributed by atoms with Crippen LogP contribution in [0, 0.1) is 6.92 Å². The van der Waals surface area contributed by atoms with Gasteiger partial charge in [0.1, 0.15) is 5.75 Å². The number of nitrogens with zero attached hydrogens (tertiary/aromatic N) is 1. The quantitative estimate of drug-likeness (QED) is 0.193. The van der Waals surface area contributed by atoms with Crippen LogP contribution in [0.5, 0.6) is 5.75 Å². The van der Waals surface area contributed by atoms with E-state index in [0.717, 1.165) is 48.5 Å². The smallest absolute Gasteiger partial charge is 0.185 e. The molecular weight excluding hydrogens is 422 g/mol. The topological polar surface area (TPSA) is 47.9 Å². The lowest BCUT2D eigenvalue weighted by molar-refractivity contribution is 0.104. The van der Waals surface area contributed by atoms with Crippen LogP contribution < -0.4 is 4.74 Å². The Balaban J connectivity index is 0.00000281. The molecule has 0 N–H and O–H groups in total. The molecule has 4 nitrogen and oxygen atoms in total. The van der Waals surface area contributed by atoms with Crippen LogP contribution >= 0.6 is 0 Å². The third kappa shape index (κ3) is 8.25. The molecule has 0 aliphatic carbocycles. The number of carbonyl (C=O) groups is 1. The van der Waals surface area contributed by atoms with E-state index in [-0.39, 0.29) is 5.78 Å². The van der Waals surface area contributed by atoms with Gasteiger partial charge >= 0.3 is 0 Å². The average Bonchev–Trinajstić information content (AvgIpc) is 2.87. The fourth-order valence-corrected chi connectivity index (χ4v) is 3.82. The van der Waals surface area contributed by atoms with Crippen molar-refractivity contribution in [3.63, 3.8) is 0 Å². The zero-order chi connectivity index (χ0) is 25.5. The van der Waals surface area contributed by atoms with Gasteiger partial charge in [-0.05, 0) is 79.1 Å². The van der Waals surface area contributed by atoms with Gasteiger partial charge in [0, 0.05) is 25.3 Å². The van der Waals surface area contributed by atoms with Crippen molar-refractivity contribution < 1.29 is 14.3 Å². The number of aliphatic imine (C=N–C) groups is 1. The number of aryl methyl sites for hydroxylation is 3. The minimum atomic E-state index is 0.0141. The van der Waals surface area contributed by atoms with Crippen LogP contribution in [0.25, 0.3) is 0 Å². The number of methoxy groups -OCH3 is 1. The number of hydrogen-bond acceptors (Lipinski definition) is 4. The zero-order valence-electron chi connectivity index (χ0n) is 22.5. The highest BCUT2D eigenvalue weighted by molar-refractivity contribution is 6.09. The molecule has 0 aliphatic heterocycles. The van der Waals surface area contributed by atoms with Crippen LogP contribution in [0.1, 0.15) is 79.2 Å². The third-order valence-electron chi connectivity index (χ3n) is 5.60. The maximum atomic E-state index is 13.0. The van der Waals surface area contributed by atoms with Crippen molar-refractivity contribution in [3.05, 3.63) is 75.9 Å². The number of allylic oxidation sites excluding steroid dienone is 2. The molecule has 34 heavy (non-hydrogen) atoms. The van der Waals surface area contributed by atoms with Crippen molar-refractivity contribution in [1.29, 1.82) is 0 Å². The Hall–Kier alpha value is -2.72. The Morgan fingerprint density at radius 1 is 0.971 bits per heavy atom. The highest BCUT2D eigenvalue weighted by Gasteiger charge is 2.14. The predicted octanol–water partition coefficient (Wildman–Crippen LogP) is 6.98. The van der Waals surface area contributed by atoms with Gasteiger partial charge in [0.05, 0.1) is 18.9 Å². The second-order valence-electron chi connectivity index (χ2n) is 7.88. The number of ether oxygens (including phenoxy) is 2. The molecule has 0 saturated heterocycles. The van der Waals surface area contributed by atoms with Crippen LogP contribution in [-0.4, -0.2) is 38.9 Å². The first-order chi connectivity index (χ1) is 16.5. The normalized spacial score (nSPS) is 11.4. The van der Waals surface area contributed by atoms with E-state index in [9.17, 15) is 4.79 Å². The van der Waals surface area contributed by atoms with Crippen molar-refractivity contribution >= 4 is 11.5 Å². The fourth-order valence-electron chi connectivity index (χ4n) is 3.82. The van der Waals surface area contributed by atoms with Crippen molar-refractivity contribution in [2.24, 2.45) is 4.99 Å². The van der Waals surface area contributed by atoms with E-state index in [1.807, 2.05) is 39.0 Å². The van der Waals surface area contributed by atoms with Gasteiger partial charge in [-0.1, -0.05) is 52.8 Å². The molecule has 0 radical (unpaired) electrons. The Bertz CT molecular complexity index is 973. The van der Waals surface area contributed by atoms with E-state index in [2.05, 4.69) is 44.0 Å². The summed E-state index contributed by atoms with van der Waals surface area (Å²) in [6.45, 7) is 13.5. The van der Waals surface area contributed by atoms with Gasteiger partial charge in [-0.3, -0.25) is 9.79 Å². The molecule has 2 rings (SSSR count). The Kier molecular flexibility index (Phi) is 13.8. The number of benzene rings is 2. The molecule has 0 unspecified atom stereocenters. The Morgan fingerprint density at radius 3 is 2.26 bits per heavy atom. The van der Waals surface area contributed by atoms with Gasteiger partial charge in [0.2, 0.25) is 0 Å². The lowest BCUT2D eigenvalue weighted by atomic mass is 9.92. The molecule has 0 bridgehead atoms. The maximum absolute atomic E-state index is 13.0. The molecule has 2 aromatic rings. The third-order valence-corrected chi connectivity index (χ3v) is 5.60. The number of rotatable bonds is 12. The molecule has 0 atom stereocenters. The van der Waals surface area contributed by atoms with E-state index in [0.29, 0.717) is 18.6 Å². The highest BCUT2D eigenvalue weighted by Crippen LogP contribution is 2.22. The van der Waals surface area contributed by atoms with Gasteiger partial charge in [-0.25, -0.2) is 0 Å². The first-order valence-electron chi connectivity index (χ1n) is 12.5. The lowest BCUT2D eigenvalue weighted by Gasteiger charge is -2.14. The van der Waals surface area contributed by atoms with Gasteiger partial charge in [-0.2, -0.15) is 0 Å². The van der Waals surface area contributed by atoms with Crippen molar-refractivity contribution in [2.45, 2.75) is 67.2 Å². The van der Waals surface area contributed by atoms with E-state index in [4.69, 9.17) is 9.47 Å². The predicted molar refractivity (Wildman–Crippen MR) is 145 cm³/mol. The largest absolute Gasteiger partial charge is 0.494 e. The molecule has 4 heteroatoms. The molecule has 0 aromatic heterocycles. The number of hydrogen-bond donors (Lipinski definition) is 0. The van der Waals surface area contributed by atoms with Crippen molar-refractivity contribution in [1.82, 2.24) is 0 Å². The van der Waals surface area contributed by atoms with Crippen molar-refractivity contribution in [2.75, 3.05) is 27.4 Å². The Labute approximate surface area is 207 Å². The molecule has 0 amide bonds. The molecule has 0 saturated carbocycles. The molecule has 0 fully saturated rings. The summed E-state index contributed by atoms with van der Waals surface area (Å²) in [7, 11) is 3.42. The van der Waals surface area contributed by atoms with Gasteiger partial charge in [0.15, 0.2) is 5.78 Å². The summed E-state index contributed by atoms with van der Waals surface area (Å²) < 4.78 is 11.1. The summed E-state index contributed by atoms with van der Waals surface area (Å²) in [4.78, 5) is 17.4. The summed E-state index contributed by atoms with van der Waals surface area (Å²) in [6, 6.07) is 10.3. The SMILES string of the molecule is CC.CCCOc1ccc(C/C=C\C(=O)c2cc(C(COC)=NC)c(CC)cc2C)c(CC)c1. The van der Waals surface area contributed by atoms with E-state index < -0.39 is 0 Å². The van der Waals surface area contributed by atoms with Gasteiger partial charge in [0.25, 0.3) is 0 Å². The van der Waals surface area contributed by atoms with Crippen LogP contribution in [-0.2, 0) is 24.0 Å². The first-order valence-corrected chi connectivity index (χ1v) is 12.5. The van der Waals surface area contributed by atoms with Crippen LogP contribution in [0.3, 0.4) is 0 Å². The Morgan fingerprint density at radius 2 is 1.68 bits per heavy atom. The number of ketones is 1. The van der Waals surface area contributed by atoms with Crippen LogP contribution in [0.2, 0.25) is 0 Å². The second-order valence-corrected chi connectivity index (χ2v) is 7.88. The zero-order valence-corrected chi connectivity index (χ0v) is 22.5. The van der Waals surface area contributed by atoms with Crippen LogP contribution in [0.15, 0.2) is 47.5 Å². The summed E-state index contributed by atoms with van der Waals surface area (Å²) in [5.74, 6) is 0.927. The van der Waals surface area contributed by atoms with E-state index >= 15 is 0 Å². The summed E-state index contributed by atoms with van der Waals surface area (Å²) in [5, 5.41) is 0. The molecular formula is C30H43NO3. The average molecular weight is 466 g/mol. The van der Waals surface area contributed by atoms with E-state index in [1.54, 1.807) is 20.2 Å². The van der Waals surface area contributed by atoms with E-state index in [1.165, 1.54) is 16.7 Å². The summed E-state index contributed by atoms with van der Waals surface area (Å²) in [5.41, 5.74) is 7.21. The minimum Gasteiger partial charge on any atom is -0.494 e. The maximum Gasteiger partial charge on any atom is 0.185 e. The minimum absolute atomic E-state index is 0.0141. The molecule has 2 aromatic carbocycles. The monoisotopic (exact) mass is 465 g/mol. The first kappa shape index (κ1) is 29.3. The highest BCUT2D eigenvalue weighted by atomic mass is 16.5. The summed E-state index contributed by atoms with van der Waals surface area (Å²) >= 11 is 0. The second kappa shape index (κ2) is 16.0. The molecule has 0 heterocycles. The van der Waals surface area contributed by atoms with Crippen LogP contribution in [0.4, 0.5) is 0 Å². The molecule has 0 aliphatic rings. The number of carbonyl (C=O) groups excluding carboxylic acids is 1. The lowest BCUT2D eigenvalue weighted by Crippen LogP contribution is -2.14. The molecule has 186 valence electrons. The van der Waals surface area contributed by atoms with Gasteiger partial charge in [-0.15, -0.1) is 0 Å². The fraction of sp³-hybridized carbons (Fsp3) is 0.467.